The molecule has 0 radical (unpaired) electrons. The summed E-state index contributed by atoms with van der Waals surface area (Å²) in [6.45, 7) is 0.642. The number of amides is 1. The number of fused-ring (bicyclic) bond motifs is 1. The molecule has 1 amide bonds. The van der Waals surface area contributed by atoms with Gasteiger partial charge in [0.15, 0.2) is 6.10 Å². The Morgan fingerprint density at radius 2 is 2.09 bits per heavy atom. The largest absolute Gasteiger partial charge is 0.522 e. The van der Waals surface area contributed by atoms with Gasteiger partial charge in [0.2, 0.25) is 0 Å². The molecule has 3 atom stereocenters. The average Bonchev–Trinajstić information content (AvgIpc) is 3.38. The second-order valence-corrected chi connectivity index (χ2v) is 10.6. The molecule has 35 heavy (non-hydrogen) atoms. The Balaban J connectivity index is 1.04. The SMILES string of the molecule is O=C(NC12CC(n3cc(N4CCC(OC(F)(F)F)C4)cn3)(C1)C2)[C@H]1C[C@@H](O)c2cc(Cl)ccc2O1. The van der Waals surface area contributed by atoms with Gasteiger partial charge < -0.3 is 20.1 Å². The first kappa shape index (κ1) is 22.9. The van der Waals surface area contributed by atoms with Gasteiger partial charge in [-0.2, -0.15) is 5.10 Å². The molecule has 1 aromatic heterocycles. The van der Waals surface area contributed by atoms with Gasteiger partial charge in [-0.05, 0) is 43.9 Å². The molecule has 2 aliphatic heterocycles. The van der Waals surface area contributed by atoms with E-state index in [1.54, 1.807) is 24.4 Å². The molecule has 0 spiro atoms. The van der Waals surface area contributed by atoms with Crippen LogP contribution in [0.5, 0.6) is 5.75 Å². The first-order valence-electron chi connectivity index (χ1n) is 11.5. The van der Waals surface area contributed by atoms with Crippen LogP contribution in [0.15, 0.2) is 30.6 Å². The van der Waals surface area contributed by atoms with E-state index in [1.807, 2.05) is 15.8 Å². The molecule has 1 saturated heterocycles. The standard InChI is InChI=1S/C23H24ClF3N4O4/c24-13-1-2-18-16(5-13)17(32)6-19(34-18)20(33)29-21-10-22(11-21,12-21)31-8-14(7-28-31)30-4-3-15(9-30)35-23(25,26)27/h1-2,5,7-8,15,17,19,32H,3-4,6,9-12H2,(H,29,33)/t15?,17-,19-,21?,22?/m1/s1. The highest BCUT2D eigenvalue weighted by Gasteiger charge is 2.70. The van der Waals surface area contributed by atoms with Gasteiger partial charge in [-0.3, -0.25) is 14.2 Å². The van der Waals surface area contributed by atoms with Crippen LogP contribution in [0, 0.1) is 0 Å². The number of benzene rings is 1. The summed E-state index contributed by atoms with van der Waals surface area (Å²) in [5, 5.41) is 18.5. The summed E-state index contributed by atoms with van der Waals surface area (Å²) >= 11 is 5.99. The monoisotopic (exact) mass is 512 g/mol. The average molecular weight is 513 g/mol. The van der Waals surface area contributed by atoms with E-state index in [0.29, 0.717) is 48.6 Å². The van der Waals surface area contributed by atoms with E-state index in [2.05, 4.69) is 15.2 Å². The molecule has 4 fully saturated rings. The smallest absolute Gasteiger partial charge is 0.480 e. The van der Waals surface area contributed by atoms with E-state index in [9.17, 15) is 23.1 Å². The van der Waals surface area contributed by atoms with Gasteiger partial charge in [-0.25, -0.2) is 0 Å². The van der Waals surface area contributed by atoms with Gasteiger partial charge in [-0.15, -0.1) is 13.2 Å². The topological polar surface area (TPSA) is 88.9 Å². The van der Waals surface area contributed by atoms with Crippen LogP contribution in [-0.4, -0.2) is 58.0 Å². The number of nitrogens with zero attached hydrogens (tertiary/aromatic N) is 3. The molecule has 12 heteroatoms. The van der Waals surface area contributed by atoms with E-state index in [-0.39, 0.29) is 30.0 Å². The number of anilines is 1. The summed E-state index contributed by atoms with van der Waals surface area (Å²) in [7, 11) is 0. The zero-order valence-corrected chi connectivity index (χ0v) is 19.3. The van der Waals surface area contributed by atoms with Gasteiger partial charge in [0.05, 0.1) is 29.6 Å². The molecule has 3 aliphatic carbocycles. The Hall–Kier alpha value is -2.50. The predicted molar refractivity (Wildman–Crippen MR) is 118 cm³/mol. The molecular formula is C23H24ClF3N4O4. The van der Waals surface area contributed by atoms with Crippen molar-refractivity contribution in [3.63, 3.8) is 0 Å². The van der Waals surface area contributed by atoms with Crippen LogP contribution >= 0.6 is 11.6 Å². The highest BCUT2D eigenvalue weighted by atomic mass is 35.5. The van der Waals surface area contributed by atoms with Crippen LogP contribution in [-0.2, 0) is 15.1 Å². The number of carbonyl (C=O) groups excluding carboxylic acids is 1. The fourth-order valence-electron chi connectivity index (χ4n) is 6.01. The Kier molecular flexibility index (Phi) is 5.08. The van der Waals surface area contributed by atoms with Gasteiger partial charge >= 0.3 is 6.36 Å². The fraction of sp³-hybridized carbons (Fsp3) is 0.565. The fourth-order valence-corrected chi connectivity index (χ4v) is 6.19. The number of aliphatic hydroxyl groups excluding tert-OH is 1. The van der Waals surface area contributed by atoms with Crippen molar-refractivity contribution in [1.29, 1.82) is 0 Å². The third-order valence-electron chi connectivity index (χ3n) is 7.59. The van der Waals surface area contributed by atoms with Gasteiger partial charge in [0.1, 0.15) is 5.75 Å². The van der Waals surface area contributed by atoms with Crippen molar-refractivity contribution < 1.29 is 32.5 Å². The van der Waals surface area contributed by atoms with Crippen molar-refractivity contribution >= 4 is 23.2 Å². The molecule has 7 rings (SSSR count). The van der Waals surface area contributed by atoms with Crippen LogP contribution in [0.2, 0.25) is 5.02 Å². The highest BCUT2D eigenvalue weighted by Crippen LogP contribution is 2.65. The molecule has 3 heterocycles. The van der Waals surface area contributed by atoms with Gasteiger partial charge in [-0.1, -0.05) is 11.6 Å². The van der Waals surface area contributed by atoms with E-state index in [0.717, 1.165) is 5.69 Å². The number of carbonyl (C=O) groups is 1. The normalized spacial score (nSPS) is 33.4. The number of nitrogens with one attached hydrogen (secondary N) is 1. The summed E-state index contributed by atoms with van der Waals surface area (Å²) in [4.78, 5) is 14.8. The second kappa shape index (κ2) is 7.75. The molecular weight excluding hydrogens is 489 g/mol. The van der Waals surface area contributed by atoms with Crippen molar-refractivity contribution in [2.75, 3.05) is 18.0 Å². The molecule has 2 N–H and O–H groups in total. The number of rotatable bonds is 5. The zero-order chi connectivity index (χ0) is 24.6. The molecule has 5 aliphatic rings. The van der Waals surface area contributed by atoms with Crippen LogP contribution in [0.25, 0.3) is 0 Å². The zero-order valence-electron chi connectivity index (χ0n) is 18.6. The van der Waals surface area contributed by atoms with Crippen molar-refractivity contribution in [3.8, 4) is 5.75 Å². The third kappa shape index (κ3) is 4.03. The lowest BCUT2D eigenvalue weighted by Crippen LogP contribution is -2.79. The lowest BCUT2D eigenvalue weighted by Gasteiger charge is -2.70. The number of alkyl halides is 3. The molecule has 8 nitrogen and oxygen atoms in total. The van der Waals surface area contributed by atoms with E-state index in [1.165, 1.54) is 0 Å². The quantitative estimate of drug-likeness (QED) is 0.639. The highest BCUT2D eigenvalue weighted by molar-refractivity contribution is 6.30. The number of aromatic nitrogens is 2. The Labute approximate surface area is 203 Å². The van der Waals surface area contributed by atoms with E-state index >= 15 is 0 Å². The minimum absolute atomic E-state index is 0.151. The second-order valence-electron chi connectivity index (χ2n) is 10.1. The van der Waals surface area contributed by atoms with Crippen LogP contribution in [0.3, 0.4) is 0 Å². The first-order valence-corrected chi connectivity index (χ1v) is 11.9. The number of hydrogen-bond donors (Lipinski definition) is 2. The third-order valence-corrected chi connectivity index (χ3v) is 7.82. The van der Waals surface area contributed by atoms with Crippen LogP contribution in [0.4, 0.5) is 18.9 Å². The maximum Gasteiger partial charge on any atom is 0.522 e. The number of hydrogen-bond acceptors (Lipinski definition) is 6. The van der Waals surface area contributed by atoms with Crippen molar-refractivity contribution in [2.45, 2.75) is 67.9 Å². The Morgan fingerprint density at radius 1 is 1.31 bits per heavy atom. The van der Waals surface area contributed by atoms with Gasteiger partial charge in [0.25, 0.3) is 5.91 Å². The lowest BCUT2D eigenvalue weighted by molar-refractivity contribution is -0.339. The molecule has 2 bridgehead atoms. The molecule has 1 unspecified atom stereocenters. The molecule has 3 saturated carbocycles. The lowest BCUT2D eigenvalue weighted by atomic mass is 9.44. The molecule has 2 aromatic rings. The van der Waals surface area contributed by atoms with Crippen molar-refractivity contribution in [2.24, 2.45) is 0 Å². The van der Waals surface area contributed by atoms with Crippen molar-refractivity contribution in [1.82, 2.24) is 15.1 Å². The minimum atomic E-state index is -4.63. The Morgan fingerprint density at radius 3 is 2.83 bits per heavy atom. The number of ether oxygens (including phenoxy) is 2. The first-order chi connectivity index (χ1) is 16.5. The Bertz CT molecular complexity index is 1150. The summed E-state index contributed by atoms with van der Waals surface area (Å²) in [6, 6.07) is 4.95. The summed E-state index contributed by atoms with van der Waals surface area (Å²) in [5.74, 6) is 0.197. The minimum Gasteiger partial charge on any atom is -0.480 e. The number of halogens is 4. The van der Waals surface area contributed by atoms with Crippen LogP contribution in [0.1, 0.15) is 43.8 Å². The maximum atomic E-state index is 12.9. The summed E-state index contributed by atoms with van der Waals surface area (Å²) in [5.41, 5.74) is 0.833. The maximum absolute atomic E-state index is 12.9. The molecule has 1 aromatic carbocycles. The van der Waals surface area contributed by atoms with E-state index in [4.69, 9.17) is 16.3 Å². The number of aliphatic hydroxyl groups is 1. The molecule has 188 valence electrons. The van der Waals surface area contributed by atoms with Crippen LogP contribution < -0.4 is 15.0 Å². The predicted octanol–water partition coefficient (Wildman–Crippen LogP) is 3.28. The summed E-state index contributed by atoms with van der Waals surface area (Å²) in [6.07, 6.45) is -0.992. The van der Waals surface area contributed by atoms with Gasteiger partial charge in [0, 0.05) is 41.8 Å². The summed E-state index contributed by atoms with van der Waals surface area (Å²) < 4.78 is 49.3. The van der Waals surface area contributed by atoms with Crippen molar-refractivity contribution in [3.05, 3.63) is 41.2 Å². The van der Waals surface area contributed by atoms with E-state index < -0.39 is 24.7 Å².